The summed E-state index contributed by atoms with van der Waals surface area (Å²) in [7, 11) is 9.42. The third-order valence-corrected chi connectivity index (χ3v) is 9.45. The Morgan fingerprint density at radius 3 is 1.66 bits per heavy atom. The first-order chi connectivity index (χ1) is 27.3. The van der Waals surface area contributed by atoms with Gasteiger partial charge >= 0.3 is 11.5 Å². The van der Waals surface area contributed by atoms with Gasteiger partial charge in [-0.05, 0) is 78.4 Å². The Kier molecular flexibility index (Phi) is 10.7. The van der Waals surface area contributed by atoms with Gasteiger partial charge in [0.25, 0.3) is 0 Å². The smallest absolute Gasteiger partial charge is 0.365 e. The van der Waals surface area contributed by atoms with Crippen LogP contribution in [0.2, 0.25) is 0 Å². The molecule has 0 saturated carbocycles. The molecule has 0 fully saturated rings. The lowest BCUT2D eigenvalue weighted by Crippen LogP contribution is -2.64. The van der Waals surface area contributed by atoms with E-state index in [9.17, 15) is 9.59 Å². The Morgan fingerprint density at radius 1 is 0.518 bits per heavy atom. The minimum Gasteiger partial charge on any atom is -0.496 e. The minimum atomic E-state index is -0.486. The van der Waals surface area contributed by atoms with Crippen molar-refractivity contribution in [3.05, 3.63) is 157 Å². The predicted octanol–water partition coefficient (Wildman–Crippen LogP) is 6.88. The van der Waals surface area contributed by atoms with Crippen LogP contribution in [0.1, 0.15) is 16.7 Å². The number of ether oxygens (including phenoxy) is 7. The van der Waals surface area contributed by atoms with Crippen molar-refractivity contribution < 1.29 is 37.6 Å². The number of para-hydroxylation sites is 2. The third-order valence-electron chi connectivity index (χ3n) is 9.45. The molecule has 0 radical (unpaired) electrons. The molecular weight excluding hydrogens is 712 g/mol. The Hall–Kier alpha value is -7.07. The molecule has 7 rings (SSSR count). The van der Waals surface area contributed by atoms with Crippen LogP contribution in [0.5, 0.6) is 34.5 Å². The van der Waals surface area contributed by atoms with Gasteiger partial charge in [-0.2, -0.15) is 0 Å². The van der Waals surface area contributed by atoms with Gasteiger partial charge in [-0.3, -0.25) is 9.59 Å². The highest BCUT2D eigenvalue weighted by atomic mass is 16.5. The average Bonchev–Trinajstić information content (AvgIpc) is 3.26. The van der Waals surface area contributed by atoms with Crippen molar-refractivity contribution in [2.75, 3.05) is 42.7 Å². The van der Waals surface area contributed by atoms with Crippen molar-refractivity contribution in [3.63, 3.8) is 0 Å². The lowest BCUT2D eigenvalue weighted by Gasteiger charge is -2.22. The van der Waals surface area contributed by atoms with E-state index in [2.05, 4.69) is 0 Å². The fourth-order valence-electron chi connectivity index (χ4n) is 6.61. The molecule has 0 bridgehead atoms. The van der Waals surface area contributed by atoms with Crippen LogP contribution in [0.4, 0.5) is 0 Å². The zero-order valence-electron chi connectivity index (χ0n) is 31.7. The van der Waals surface area contributed by atoms with E-state index in [-0.39, 0.29) is 21.3 Å². The average molecular weight is 752 g/mol. The molecule has 0 saturated heterocycles. The van der Waals surface area contributed by atoms with E-state index in [0.29, 0.717) is 85.4 Å². The molecule has 1 aromatic heterocycles. The normalized spacial score (nSPS) is 13.5. The largest absolute Gasteiger partial charge is 0.496 e. The first-order valence-electron chi connectivity index (χ1n) is 17.6. The molecule has 0 N–H and O–H groups in total. The molecule has 0 spiro atoms. The zero-order chi connectivity index (χ0) is 39.3. The number of benzene rings is 4. The van der Waals surface area contributed by atoms with E-state index in [1.54, 1.807) is 85.1 Å². The van der Waals surface area contributed by atoms with Gasteiger partial charge in [-0.25, -0.2) is 4.42 Å². The monoisotopic (exact) mass is 751 g/mol. The molecule has 6 aromatic rings. The second-order valence-corrected chi connectivity index (χ2v) is 12.7. The molecule has 5 aromatic carbocycles. The maximum absolute atomic E-state index is 13.8. The van der Waals surface area contributed by atoms with E-state index in [1.807, 2.05) is 78.9 Å². The lowest BCUT2D eigenvalue weighted by molar-refractivity contribution is 0.354. The number of hydrogen-bond donors (Lipinski definition) is 0. The molecule has 1 unspecified atom stereocenters. The van der Waals surface area contributed by atoms with E-state index < -0.39 is 5.92 Å². The van der Waals surface area contributed by atoms with E-state index in [4.69, 9.17) is 37.6 Å². The maximum Gasteiger partial charge on any atom is 0.365 e. The standard InChI is InChI=1S/C46H39O10/c1-49-35-13-9-7-11-31(35)41-23-27(21-39(55-41)29-15-17-37(51-3)43(25-29)53-5)19-33-45(47)34(46(33)48)20-28-22-40(30-16-18-38(52-4)44(26-30)54-6)56-42(24-28)32-12-8-10-14-36(32)50-2/h7-27H,1-6H3/q+1. The Morgan fingerprint density at radius 2 is 1.04 bits per heavy atom. The van der Waals surface area contributed by atoms with Gasteiger partial charge in [0.2, 0.25) is 10.9 Å². The highest BCUT2D eigenvalue weighted by molar-refractivity contribution is 5.78. The fourth-order valence-corrected chi connectivity index (χ4v) is 6.61. The summed E-state index contributed by atoms with van der Waals surface area (Å²) in [5.41, 5.74) is 2.64. The minimum absolute atomic E-state index is 0.0526. The van der Waals surface area contributed by atoms with Gasteiger partial charge in [-0.15, -0.1) is 0 Å². The van der Waals surface area contributed by atoms with Gasteiger partial charge in [-0.1, -0.05) is 30.3 Å². The molecule has 56 heavy (non-hydrogen) atoms. The summed E-state index contributed by atoms with van der Waals surface area (Å²) >= 11 is 0. The molecule has 10 nitrogen and oxygen atoms in total. The summed E-state index contributed by atoms with van der Waals surface area (Å²) in [5.74, 6) is 4.83. The predicted molar refractivity (Wildman–Crippen MR) is 215 cm³/mol. The summed E-state index contributed by atoms with van der Waals surface area (Å²) in [6.45, 7) is 0. The SMILES string of the molecule is COc1ccc(C2=CC(C=c3c(=O)c(=Cc4cc(-c5ccc(OC)c(OC)c5)[o+]c(-c5ccccc5OC)c4)c3=O)C=C(c3ccccc3OC)O2)cc1OC. The van der Waals surface area contributed by atoms with E-state index in [1.165, 1.54) is 0 Å². The molecule has 1 aliphatic heterocycles. The van der Waals surface area contributed by atoms with Crippen molar-refractivity contribution in [1.82, 2.24) is 0 Å². The highest BCUT2D eigenvalue weighted by Gasteiger charge is 2.25. The van der Waals surface area contributed by atoms with Crippen LogP contribution in [-0.2, 0) is 4.74 Å². The maximum atomic E-state index is 13.8. The Labute approximate surface area is 323 Å². The van der Waals surface area contributed by atoms with Crippen LogP contribution in [-0.4, -0.2) is 42.7 Å². The molecule has 10 heteroatoms. The van der Waals surface area contributed by atoms with Gasteiger partial charge in [0, 0.05) is 17.5 Å². The zero-order valence-corrected chi connectivity index (χ0v) is 31.7. The van der Waals surface area contributed by atoms with Crippen molar-refractivity contribution >= 4 is 23.7 Å². The van der Waals surface area contributed by atoms with Crippen LogP contribution in [0, 0.1) is 5.92 Å². The number of methoxy groups -OCH3 is 6. The summed E-state index contributed by atoms with van der Waals surface area (Å²) in [6.07, 6.45) is 6.95. The Bertz CT molecular complexity index is 2670. The van der Waals surface area contributed by atoms with Crippen LogP contribution >= 0.6 is 0 Å². The second-order valence-electron chi connectivity index (χ2n) is 12.7. The van der Waals surface area contributed by atoms with Crippen LogP contribution < -0.4 is 49.7 Å². The van der Waals surface area contributed by atoms with Crippen LogP contribution in [0.3, 0.4) is 0 Å². The van der Waals surface area contributed by atoms with Crippen molar-refractivity contribution in [2.45, 2.75) is 0 Å². The molecule has 0 amide bonds. The van der Waals surface area contributed by atoms with Gasteiger partial charge in [0.15, 0.2) is 23.0 Å². The third kappa shape index (κ3) is 7.24. The molecule has 2 heterocycles. The highest BCUT2D eigenvalue weighted by Crippen LogP contribution is 2.40. The van der Waals surface area contributed by atoms with E-state index in [0.717, 1.165) is 0 Å². The summed E-state index contributed by atoms with van der Waals surface area (Å²) in [5, 5.41) is 0.129. The van der Waals surface area contributed by atoms with Gasteiger partial charge in [0.1, 0.15) is 28.6 Å². The quantitative estimate of drug-likeness (QED) is 0.123. The van der Waals surface area contributed by atoms with Crippen molar-refractivity contribution in [2.24, 2.45) is 5.92 Å². The molecule has 282 valence electrons. The van der Waals surface area contributed by atoms with E-state index >= 15 is 0 Å². The van der Waals surface area contributed by atoms with Crippen molar-refractivity contribution in [3.8, 4) is 57.1 Å². The Balaban J connectivity index is 1.35. The number of allylic oxidation sites excluding steroid dienone is 2. The lowest BCUT2D eigenvalue weighted by atomic mass is 9.96. The summed E-state index contributed by atoms with van der Waals surface area (Å²) < 4.78 is 46.1. The van der Waals surface area contributed by atoms with Crippen molar-refractivity contribution in [1.29, 1.82) is 0 Å². The van der Waals surface area contributed by atoms with Crippen LogP contribution in [0.25, 0.3) is 46.3 Å². The van der Waals surface area contributed by atoms with Gasteiger partial charge in [0.05, 0.1) is 76.4 Å². The molecular formula is C46H39O10+. The summed E-state index contributed by atoms with van der Waals surface area (Å²) in [4.78, 5) is 27.6. The molecule has 1 aliphatic rings. The van der Waals surface area contributed by atoms with Crippen LogP contribution in [0.15, 0.2) is 123 Å². The first kappa shape index (κ1) is 37.3. The topological polar surface area (TPSA) is 110 Å². The number of rotatable bonds is 12. The van der Waals surface area contributed by atoms with Gasteiger partial charge < -0.3 is 33.2 Å². The fraction of sp³-hybridized carbons (Fsp3) is 0.152. The number of hydrogen-bond acceptors (Lipinski definition) is 9. The summed E-state index contributed by atoms with van der Waals surface area (Å²) in [6, 6.07) is 29.3. The second kappa shape index (κ2) is 16.1. The molecule has 1 atom stereocenters. The first-order valence-corrected chi connectivity index (χ1v) is 17.6. The molecule has 0 aliphatic carbocycles.